The summed E-state index contributed by atoms with van der Waals surface area (Å²) in [7, 11) is 1.62. The van der Waals surface area contributed by atoms with Crippen molar-refractivity contribution in [3.63, 3.8) is 0 Å². The van der Waals surface area contributed by atoms with Gasteiger partial charge in [0, 0.05) is 59.9 Å². The van der Waals surface area contributed by atoms with Crippen molar-refractivity contribution >= 4 is 87.4 Å². The molecule has 1 saturated carbocycles. The first-order valence-corrected chi connectivity index (χ1v) is 25.2. The molecule has 0 radical (unpaired) electrons. The van der Waals surface area contributed by atoms with Gasteiger partial charge in [0.25, 0.3) is 11.9 Å². The van der Waals surface area contributed by atoms with Gasteiger partial charge < -0.3 is 29.8 Å². The second-order valence-electron chi connectivity index (χ2n) is 18.4. The number of carboxylic acid groups (broad SMARTS) is 1. The third-order valence-electron chi connectivity index (χ3n) is 13.5. The number of hydrogen-bond acceptors (Lipinski definition) is 12. The minimum atomic E-state index is -1.16. The summed E-state index contributed by atoms with van der Waals surface area (Å²) in [5.74, 6) is -0.571. The summed E-state index contributed by atoms with van der Waals surface area (Å²) in [5.41, 5.74) is 6.80. The highest BCUT2D eigenvalue weighted by molar-refractivity contribution is 7.96. The van der Waals surface area contributed by atoms with Crippen molar-refractivity contribution in [1.82, 2.24) is 14.6 Å². The molecule has 68 heavy (non-hydrogen) atoms. The van der Waals surface area contributed by atoms with Crippen LogP contribution in [0.3, 0.4) is 0 Å². The summed E-state index contributed by atoms with van der Waals surface area (Å²) in [6, 6.07) is 28.3. The number of halogens is 1. The van der Waals surface area contributed by atoms with Crippen LogP contribution in [0.5, 0.6) is 5.75 Å². The van der Waals surface area contributed by atoms with E-state index >= 15 is 0 Å². The largest absolute Gasteiger partial charge is 0.483 e. The third-order valence-corrected chi connectivity index (χ3v) is 16.7. The van der Waals surface area contributed by atoms with Gasteiger partial charge in [-0.25, -0.2) is 9.10 Å². The molecule has 0 spiro atoms. The Hall–Kier alpha value is -5.87. The SMILES string of the molecule is C=CCCC(C(=O)NC)N1C(=O)c2cccccccc1c2C1CC2CC(C1)N2c1nc2cc(CSN3CCC(Nc4cccc(-c5sc(C(=O)O)c(OCC=O)c5Cl)c4)CC3(C)C)ccc2o1. The number of amides is 2. The standard InChI is InChI=1S/C52H55ClN6O7S2/c1-5-6-16-41(48(61)54-4)59-40-17-11-9-7-8-10-15-38(49(59)62)43(40)33-26-36-28-37(27-33)58(36)51-56-39-24-31(18-19-42(39)66-51)30-67-57-21-20-35(29-52(57,2)3)55-34-14-12-13-32(25-34)46-44(53)45(65-23-22-60)47(68-46)50(63)64/h5,7-15,17-19,22,24-25,33,35-37,41,55H,1,6,16,20-21,23,26-30H2,2-4H3,(H,54,61)(H,63,64). The fraction of sp³-hybridized carbons (Fsp3) is 0.365. The molecule has 4 fully saturated rings. The monoisotopic (exact) mass is 974 g/mol. The van der Waals surface area contributed by atoms with Crippen LogP contribution in [0, 0.1) is 0 Å². The van der Waals surface area contributed by atoms with Crippen molar-refractivity contribution < 1.29 is 33.4 Å². The van der Waals surface area contributed by atoms with Crippen molar-refractivity contribution in [3.05, 3.63) is 124 Å². The van der Waals surface area contributed by atoms with E-state index in [1.54, 1.807) is 18.0 Å². The number of oxazole rings is 1. The van der Waals surface area contributed by atoms with Crippen LogP contribution in [-0.4, -0.2) is 88.4 Å². The molecule has 10 rings (SSSR count). The number of fused-ring (bicyclic) bond motifs is 6. The number of aldehydes is 1. The Labute approximate surface area is 409 Å². The topological polar surface area (TPSA) is 158 Å². The molecule has 4 unspecified atom stereocenters. The predicted molar refractivity (Wildman–Crippen MR) is 271 cm³/mol. The normalized spacial score (nSPS) is 20.9. The van der Waals surface area contributed by atoms with Gasteiger partial charge >= 0.3 is 5.97 Å². The Morgan fingerprint density at radius 3 is 2.59 bits per heavy atom. The van der Waals surface area contributed by atoms with Crippen molar-refractivity contribution in [3.8, 4) is 16.2 Å². The number of hydrogen-bond donors (Lipinski definition) is 3. The molecule has 5 aliphatic rings. The van der Waals surface area contributed by atoms with Gasteiger partial charge in [-0.2, -0.15) is 4.98 Å². The summed E-state index contributed by atoms with van der Waals surface area (Å²) < 4.78 is 14.3. The van der Waals surface area contributed by atoms with Crippen LogP contribution in [0.2, 0.25) is 5.02 Å². The van der Waals surface area contributed by atoms with E-state index in [-0.39, 0.29) is 63.7 Å². The zero-order chi connectivity index (χ0) is 47.7. The van der Waals surface area contributed by atoms with Crippen molar-refractivity contribution in [2.75, 3.05) is 35.3 Å². The number of nitrogens with one attached hydrogen (secondary N) is 2. The minimum Gasteiger partial charge on any atom is -0.483 e. The van der Waals surface area contributed by atoms with Crippen LogP contribution < -0.4 is 25.2 Å². The molecule has 2 aromatic heterocycles. The Morgan fingerprint density at radius 2 is 1.85 bits per heavy atom. The smallest absolute Gasteiger partial charge is 0.349 e. The highest BCUT2D eigenvalue weighted by Crippen LogP contribution is 2.52. The molecular weight excluding hydrogens is 920 g/mol. The first-order valence-electron chi connectivity index (χ1n) is 23.1. The Kier molecular flexibility index (Phi) is 13.9. The van der Waals surface area contributed by atoms with Crippen LogP contribution in [0.15, 0.2) is 102 Å². The molecule has 4 bridgehead atoms. The highest BCUT2D eigenvalue weighted by Gasteiger charge is 2.50. The van der Waals surface area contributed by atoms with Gasteiger partial charge in [-0.05, 0) is 118 Å². The Bertz CT molecular complexity index is 2820. The highest BCUT2D eigenvalue weighted by atomic mass is 35.5. The van der Waals surface area contributed by atoms with Crippen LogP contribution in [0.1, 0.15) is 95.9 Å². The van der Waals surface area contributed by atoms with Crippen LogP contribution >= 0.6 is 34.9 Å². The van der Waals surface area contributed by atoms with Crippen molar-refractivity contribution in [1.29, 1.82) is 0 Å². The van der Waals surface area contributed by atoms with Gasteiger partial charge in [0.05, 0.1) is 4.88 Å². The van der Waals surface area contributed by atoms with Gasteiger partial charge in [0.2, 0.25) is 5.91 Å². The number of carboxylic acids is 1. The van der Waals surface area contributed by atoms with E-state index in [2.05, 4.69) is 52.4 Å². The molecule has 2 amide bonds. The average Bonchev–Trinajstić information content (AvgIpc) is 3.97. The number of aromatic nitrogens is 1. The lowest BCUT2D eigenvalue weighted by molar-refractivity contribution is -0.122. The third kappa shape index (κ3) is 9.33. The van der Waals surface area contributed by atoms with E-state index in [9.17, 15) is 24.3 Å². The number of thiophene rings is 1. The second kappa shape index (κ2) is 20.0. The molecule has 1 aliphatic carbocycles. The molecule has 3 saturated heterocycles. The van der Waals surface area contributed by atoms with Gasteiger partial charge in [0.15, 0.2) is 22.5 Å². The zero-order valence-electron chi connectivity index (χ0n) is 38.3. The van der Waals surface area contributed by atoms with Gasteiger partial charge in [-0.1, -0.05) is 78.2 Å². The summed E-state index contributed by atoms with van der Waals surface area (Å²) in [6.07, 6.45) is 7.98. The van der Waals surface area contributed by atoms with E-state index in [1.165, 1.54) is 5.56 Å². The maximum absolute atomic E-state index is 14.3. The van der Waals surface area contributed by atoms with Gasteiger partial charge in [-0.3, -0.25) is 19.3 Å². The molecule has 4 aliphatic heterocycles. The molecule has 6 heterocycles. The lowest BCUT2D eigenvalue weighted by atomic mass is 9.71. The number of carbonyl (C=O) groups is 4. The van der Waals surface area contributed by atoms with Crippen LogP contribution in [-0.2, 0) is 15.3 Å². The molecule has 354 valence electrons. The van der Waals surface area contributed by atoms with E-state index < -0.39 is 12.0 Å². The fourth-order valence-corrected chi connectivity index (χ4v) is 13.0. The maximum atomic E-state index is 14.3. The molecule has 5 aromatic rings. The fourth-order valence-electron chi connectivity index (χ4n) is 10.4. The molecule has 4 atom stereocenters. The second-order valence-corrected chi connectivity index (χ2v) is 20.8. The summed E-state index contributed by atoms with van der Waals surface area (Å²) in [4.78, 5) is 60.1. The number of likely N-dealkylation sites (N-methyl/N-ethyl adjacent to an activating group) is 1. The predicted octanol–water partition coefficient (Wildman–Crippen LogP) is 10.7. The average molecular weight is 976 g/mol. The van der Waals surface area contributed by atoms with E-state index in [4.69, 9.17) is 25.7 Å². The maximum Gasteiger partial charge on any atom is 0.349 e. The summed E-state index contributed by atoms with van der Waals surface area (Å²) in [6.45, 7) is 9.01. The molecular formula is C52H55ClN6O7S2. The number of benzene rings is 2. The lowest BCUT2D eigenvalue weighted by Gasteiger charge is -2.54. The number of nitrogens with zero attached hydrogens (tertiary/aromatic N) is 4. The number of rotatable bonds is 17. The quantitative estimate of drug-likeness (QED) is 0.0461. The molecule has 13 nitrogen and oxygen atoms in total. The number of allylic oxidation sites excluding steroid dienone is 1. The number of aromatic carboxylic acids is 1. The van der Waals surface area contributed by atoms with E-state index in [0.717, 1.165) is 89.3 Å². The Morgan fingerprint density at radius 1 is 1.07 bits per heavy atom. The van der Waals surface area contributed by atoms with Crippen LogP contribution in [0.25, 0.3) is 21.5 Å². The number of piperidine rings is 2. The van der Waals surface area contributed by atoms with Gasteiger partial charge in [-0.15, -0.1) is 17.9 Å². The van der Waals surface area contributed by atoms with Crippen LogP contribution in [0.4, 0.5) is 17.4 Å². The minimum absolute atomic E-state index is 0.0124. The Balaban J connectivity index is 0.843. The van der Waals surface area contributed by atoms with E-state index in [1.807, 2.05) is 84.7 Å². The number of carbonyl (C=O) groups excluding carboxylic acids is 3. The first kappa shape index (κ1) is 47.2. The summed E-state index contributed by atoms with van der Waals surface area (Å²) >= 11 is 9.47. The molecule has 3 N–H and O–H groups in total. The van der Waals surface area contributed by atoms with Crippen molar-refractivity contribution in [2.45, 2.75) is 100 Å². The van der Waals surface area contributed by atoms with Gasteiger partial charge in [0.1, 0.15) is 23.2 Å². The van der Waals surface area contributed by atoms with E-state index in [0.29, 0.717) is 35.6 Å². The van der Waals surface area contributed by atoms with Crippen molar-refractivity contribution in [2.24, 2.45) is 0 Å². The lowest BCUT2D eigenvalue weighted by Crippen LogP contribution is -2.60. The molecule has 3 aromatic carbocycles. The molecule has 16 heteroatoms. The number of anilines is 3. The number of ether oxygens (including phenoxy) is 1. The first-order chi connectivity index (χ1) is 32.9. The zero-order valence-corrected chi connectivity index (χ0v) is 40.7. The summed E-state index contributed by atoms with van der Waals surface area (Å²) in [5, 5.41) is 16.4.